The molecule has 0 spiro atoms. The van der Waals surface area contributed by atoms with Gasteiger partial charge in [0.05, 0.1) is 16.1 Å². The van der Waals surface area contributed by atoms with Gasteiger partial charge in [-0.3, -0.25) is 9.59 Å². The minimum atomic E-state index is -0.215. The summed E-state index contributed by atoms with van der Waals surface area (Å²) in [6.45, 7) is 2.16. The van der Waals surface area contributed by atoms with Crippen LogP contribution in [0.1, 0.15) is 22.5 Å². The topological polar surface area (TPSA) is 65.5 Å². The molecule has 3 rings (SSSR count). The van der Waals surface area contributed by atoms with Gasteiger partial charge in [0.1, 0.15) is 4.83 Å². The number of aromatic nitrogens is 1. The number of carbonyl (C=O) groups is 2. The molecule has 0 radical (unpaired) electrons. The Morgan fingerprint density at radius 1 is 1.32 bits per heavy atom. The highest BCUT2D eigenvalue weighted by atomic mass is 32.1. The van der Waals surface area contributed by atoms with E-state index in [1.54, 1.807) is 25.4 Å². The van der Waals surface area contributed by atoms with E-state index in [1.165, 1.54) is 29.1 Å². The molecule has 6 nitrogen and oxygen atoms in total. The number of likely N-dealkylation sites (N-methyl/N-ethyl adjacent to an activating group) is 1. The zero-order valence-corrected chi connectivity index (χ0v) is 14.2. The highest BCUT2D eigenvalue weighted by Gasteiger charge is 2.19. The second-order valence-electron chi connectivity index (χ2n) is 5.44. The van der Waals surface area contributed by atoms with Crippen molar-refractivity contribution in [2.24, 2.45) is 0 Å². The first-order valence-electron chi connectivity index (χ1n) is 7.18. The van der Waals surface area contributed by atoms with E-state index in [-0.39, 0.29) is 18.4 Å². The van der Waals surface area contributed by atoms with Gasteiger partial charge in [-0.05, 0) is 18.9 Å². The third-order valence-corrected chi connectivity index (χ3v) is 5.80. The average molecular weight is 338 g/mol. The molecule has 118 valence electrons. The number of anilines is 1. The fourth-order valence-electron chi connectivity index (χ4n) is 2.28. The number of amides is 2. The molecule has 0 saturated carbocycles. The summed E-state index contributed by atoms with van der Waals surface area (Å²) in [7, 11) is 3.33. The van der Waals surface area contributed by atoms with E-state index in [2.05, 4.69) is 15.2 Å². The van der Waals surface area contributed by atoms with E-state index < -0.39 is 0 Å². The fourth-order valence-corrected chi connectivity index (χ4v) is 4.46. The second kappa shape index (κ2) is 6.21. The monoisotopic (exact) mass is 338 g/mol. The summed E-state index contributed by atoms with van der Waals surface area (Å²) in [5.41, 5.74) is 0. The number of nitrogens with one attached hydrogen (secondary N) is 1. The van der Waals surface area contributed by atoms with Crippen LogP contribution >= 0.6 is 22.7 Å². The van der Waals surface area contributed by atoms with Crippen molar-refractivity contribution in [1.29, 1.82) is 0 Å². The van der Waals surface area contributed by atoms with E-state index in [4.69, 9.17) is 0 Å². The molecule has 1 aliphatic heterocycles. The molecule has 1 fully saturated rings. The van der Waals surface area contributed by atoms with Crippen LogP contribution < -0.4 is 10.2 Å². The summed E-state index contributed by atoms with van der Waals surface area (Å²) in [6.07, 6.45) is 2.45. The van der Waals surface area contributed by atoms with Gasteiger partial charge in [-0.2, -0.15) is 0 Å². The van der Waals surface area contributed by atoms with Gasteiger partial charge >= 0.3 is 0 Å². The van der Waals surface area contributed by atoms with Crippen LogP contribution in [0.5, 0.6) is 0 Å². The molecule has 2 aromatic heterocycles. The largest absolute Gasteiger partial charge is 0.348 e. The lowest BCUT2D eigenvalue weighted by Gasteiger charge is -2.12. The SMILES string of the molecule is CN(C)C(=O)CNC(=O)c1cc2sc(N3CCCC3)nc2s1. The molecule has 3 heterocycles. The molecule has 1 saturated heterocycles. The van der Waals surface area contributed by atoms with Gasteiger partial charge in [-0.1, -0.05) is 11.3 Å². The van der Waals surface area contributed by atoms with Gasteiger partial charge < -0.3 is 15.1 Å². The molecule has 0 aromatic carbocycles. The number of hydrogen-bond donors (Lipinski definition) is 1. The summed E-state index contributed by atoms with van der Waals surface area (Å²) in [5, 5.41) is 3.70. The first kappa shape index (κ1) is 15.2. The summed E-state index contributed by atoms with van der Waals surface area (Å²) < 4.78 is 1.04. The lowest BCUT2D eigenvalue weighted by atomic mass is 10.4. The van der Waals surface area contributed by atoms with Gasteiger partial charge in [0.25, 0.3) is 5.91 Å². The van der Waals surface area contributed by atoms with Crippen molar-refractivity contribution >= 4 is 49.1 Å². The van der Waals surface area contributed by atoms with Gasteiger partial charge in [-0.25, -0.2) is 4.98 Å². The molecule has 22 heavy (non-hydrogen) atoms. The Kier molecular flexibility index (Phi) is 4.30. The third-order valence-electron chi connectivity index (χ3n) is 3.58. The third kappa shape index (κ3) is 3.07. The quantitative estimate of drug-likeness (QED) is 0.923. The predicted molar refractivity (Wildman–Crippen MR) is 90.0 cm³/mol. The summed E-state index contributed by atoms with van der Waals surface area (Å²) in [5.74, 6) is -0.339. The van der Waals surface area contributed by atoms with E-state index in [0.29, 0.717) is 4.88 Å². The van der Waals surface area contributed by atoms with Gasteiger partial charge in [0, 0.05) is 27.2 Å². The Bertz CT molecular complexity index is 669. The maximum atomic E-state index is 12.1. The summed E-state index contributed by atoms with van der Waals surface area (Å²) in [6, 6.07) is 1.87. The van der Waals surface area contributed by atoms with E-state index in [9.17, 15) is 9.59 Å². The predicted octanol–water partition coefficient (Wildman–Crippen LogP) is 1.78. The maximum Gasteiger partial charge on any atom is 0.261 e. The number of fused-ring (bicyclic) bond motifs is 1. The molecule has 2 aromatic rings. The van der Waals surface area contributed by atoms with Crippen molar-refractivity contribution in [3.63, 3.8) is 0 Å². The average Bonchev–Trinajstić information content (AvgIpc) is 3.17. The number of thiophene rings is 1. The van der Waals surface area contributed by atoms with Crippen LogP contribution in [0.4, 0.5) is 5.13 Å². The zero-order valence-electron chi connectivity index (χ0n) is 12.6. The number of carbonyl (C=O) groups excluding carboxylic acids is 2. The highest BCUT2D eigenvalue weighted by molar-refractivity contribution is 7.29. The highest BCUT2D eigenvalue weighted by Crippen LogP contribution is 2.35. The molecule has 0 unspecified atom stereocenters. The Morgan fingerprint density at radius 3 is 2.68 bits per heavy atom. The maximum absolute atomic E-state index is 12.1. The van der Waals surface area contributed by atoms with E-state index in [1.807, 2.05) is 6.07 Å². The minimum absolute atomic E-state index is 0.0177. The normalized spacial score (nSPS) is 14.5. The standard InChI is InChI=1S/C14H18N4O2S2/c1-17(2)11(19)8-15-12(20)9-7-10-13(21-9)16-14(22-10)18-5-3-4-6-18/h7H,3-6,8H2,1-2H3,(H,15,20). The minimum Gasteiger partial charge on any atom is -0.348 e. The van der Waals surface area contributed by atoms with E-state index >= 15 is 0 Å². The zero-order chi connectivity index (χ0) is 15.7. The van der Waals surface area contributed by atoms with Crippen LogP contribution in [0.2, 0.25) is 0 Å². The van der Waals surface area contributed by atoms with Crippen LogP contribution in [0.3, 0.4) is 0 Å². The van der Waals surface area contributed by atoms with E-state index in [0.717, 1.165) is 27.8 Å². The Hall–Kier alpha value is -1.67. The van der Waals surface area contributed by atoms with Crippen LogP contribution in [0, 0.1) is 0 Å². The molecule has 1 aliphatic rings. The number of hydrogen-bond acceptors (Lipinski definition) is 6. The van der Waals surface area contributed by atoms with Crippen molar-refractivity contribution < 1.29 is 9.59 Å². The number of rotatable bonds is 4. The van der Waals surface area contributed by atoms with Crippen molar-refractivity contribution in [1.82, 2.24) is 15.2 Å². The van der Waals surface area contributed by atoms with Gasteiger partial charge in [0.2, 0.25) is 5.91 Å². The summed E-state index contributed by atoms with van der Waals surface area (Å²) >= 11 is 3.01. The van der Waals surface area contributed by atoms with Crippen LogP contribution in [0.25, 0.3) is 9.53 Å². The Balaban J connectivity index is 1.68. The van der Waals surface area contributed by atoms with Crippen molar-refractivity contribution in [3.05, 3.63) is 10.9 Å². The van der Waals surface area contributed by atoms with Gasteiger partial charge in [-0.15, -0.1) is 11.3 Å². The molecule has 0 aliphatic carbocycles. The van der Waals surface area contributed by atoms with Crippen LogP contribution in [0.15, 0.2) is 6.07 Å². The molecule has 2 amide bonds. The Morgan fingerprint density at radius 2 is 2.05 bits per heavy atom. The molecular formula is C14H18N4O2S2. The lowest BCUT2D eigenvalue weighted by molar-refractivity contribution is -0.127. The number of thiazole rings is 1. The summed E-state index contributed by atoms with van der Waals surface area (Å²) in [4.78, 5) is 33.5. The number of nitrogens with zero attached hydrogens (tertiary/aromatic N) is 3. The fraction of sp³-hybridized carbons (Fsp3) is 0.500. The van der Waals surface area contributed by atoms with Crippen molar-refractivity contribution in [2.75, 3.05) is 38.6 Å². The second-order valence-corrected chi connectivity index (χ2v) is 7.48. The molecule has 0 bridgehead atoms. The molecule has 8 heteroatoms. The van der Waals surface area contributed by atoms with Gasteiger partial charge in [0.15, 0.2) is 5.13 Å². The van der Waals surface area contributed by atoms with Crippen LogP contribution in [-0.4, -0.2) is 55.4 Å². The smallest absolute Gasteiger partial charge is 0.261 e. The molecule has 1 N–H and O–H groups in total. The first-order valence-corrected chi connectivity index (χ1v) is 8.81. The first-order chi connectivity index (χ1) is 10.5. The van der Waals surface area contributed by atoms with Crippen molar-refractivity contribution in [3.8, 4) is 0 Å². The lowest BCUT2D eigenvalue weighted by Crippen LogP contribution is -2.35. The van der Waals surface area contributed by atoms with Crippen LogP contribution in [-0.2, 0) is 4.79 Å². The molecule has 0 atom stereocenters. The Labute approximate surface area is 136 Å². The molecular weight excluding hydrogens is 320 g/mol. The van der Waals surface area contributed by atoms with Crippen molar-refractivity contribution in [2.45, 2.75) is 12.8 Å².